The molecule has 4 atom stereocenters. The maximum absolute atomic E-state index is 12.5. The second-order valence-corrected chi connectivity index (χ2v) is 11.7. The number of hydrogen-bond acceptors (Lipinski definition) is 7. The maximum atomic E-state index is 12.5. The third-order valence-electron chi connectivity index (χ3n) is 6.89. The molecule has 3 aliphatic rings. The summed E-state index contributed by atoms with van der Waals surface area (Å²) in [5, 5.41) is 29.6. The highest BCUT2D eigenvalue weighted by atomic mass is 35.5. The molecule has 0 aliphatic carbocycles. The number of carbonyl (C=O) groups excluding carboxylic acids is 3. The first-order valence-electron chi connectivity index (χ1n) is 11.5. The lowest BCUT2D eigenvalue weighted by molar-refractivity contribution is -0.889. The number of hydrogen-bond donors (Lipinski definition) is 4. The number of halogens is 1. The minimum absolute atomic E-state index is 0.00421. The Morgan fingerprint density at radius 2 is 1.97 bits per heavy atom. The zero-order valence-corrected chi connectivity index (χ0v) is 21.7. The molecule has 3 aliphatic heterocycles. The van der Waals surface area contributed by atoms with Crippen LogP contribution < -0.4 is 5.32 Å². The highest BCUT2D eigenvalue weighted by Crippen LogP contribution is 2.52. The predicted octanol–water partition coefficient (Wildman–Crippen LogP) is -0.209. The van der Waals surface area contributed by atoms with Crippen LogP contribution in [0.5, 0.6) is 0 Å². The van der Waals surface area contributed by atoms with Gasteiger partial charge in [-0.2, -0.15) is 0 Å². The first-order valence-corrected chi connectivity index (χ1v) is 12.8. The average molecular weight is 517 g/mol. The molecule has 2 amide bonds. The number of amidine groups is 1. The third kappa shape index (κ3) is 5.43. The van der Waals surface area contributed by atoms with E-state index in [4.69, 9.17) is 22.1 Å². The summed E-state index contributed by atoms with van der Waals surface area (Å²) in [6.45, 7) is 6.52. The number of likely N-dealkylation sites (tertiary alicyclic amines) is 1. The third-order valence-corrected chi connectivity index (χ3v) is 8.52. The molecule has 0 radical (unpaired) electrons. The Hall–Kier alpha value is -1.66. The second-order valence-electron chi connectivity index (χ2n) is 9.97. The minimum atomic E-state index is -0.794. The van der Waals surface area contributed by atoms with Crippen molar-refractivity contribution in [3.05, 3.63) is 10.6 Å². The molecule has 12 heteroatoms. The van der Waals surface area contributed by atoms with Gasteiger partial charge in [0.15, 0.2) is 0 Å². The van der Waals surface area contributed by atoms with E-state index in [0.29, 0.717) is 37.2 Å². The maximum Gasteiger partial charge on any atom is 0.269 e. The number of aliphatic hydroxyl groups is 2. The van der Waals surface area contributed by atoms with Gasteiger partial charge < -0.3 is 29.8 Å². The number of aliphatic hydroxyl groups excluding tert-OH is 2. The van der Waals surface area contributed by atoms with Gasteiger partial charge in [-0.25, -0.2) is 0 Å². The molecule has 0 unspecified atom stereocenters. The van der Waals surface area contributed by atoms with Gasteiger partial charge in [0.2, 0.25) is 11.8 Å². The number of nitrogens with one attached hydrogen (secondary N) is 2. The molecule has 2 saturated heterocycles. The van der Waals surface area contributed by atoms with Gasteiger partial charge in [-0.15, -0.1) is 11.8 Å². The van der Waals surface area contributed by atoms with Gasteiger partial charge in [0.25, 0.3) is 5.24 Å². The lowest BCUT2D eigenvalue weighted by Crippen LogP contribution is -2.63. The summed E-state index contributed by atoms with van der Waals surface area (Å²) >= 11 is 7.33. The van der Waals surface area contributed by atoms with Gasteiger partial charge in [-0.3, -0.25) is 19.8 Å². The van der Waals surface area contributed by atoms with Gasteiger partial charge >= 0.3 is 0 Å². The van der Waals surface area contributed by atoms with Crippen LogP contribution in [0.3, 0.4) is 0 Å². The van der Waals surface area contributed by atoms with Crippen molar-refractivity contribution in [2.75, 3.05) is 53.4 Å². The molecule has 0 bridgehead atoms. The van der Waals surface area contributed by atoms with Gasteiger partial charge in [-0.1, -0.05) is 6.92 Å². The fraction of sp³-hybridized carbons (Fsp3) is 0.727. The van der Waals surface area contributed by atoms with Crippen LogP contribution in [-0.2, 0) is 14.4 Å². The summed E-state index contributed by atoms with van der Waals surface area (Å²) in [7, 11) is 3.96. The SMILES string of the molecule is C[C@@H](O)[C@H]1C(=O)N2C(C(=O)Cl)=C(SC3CN(C(=N)CC(=O)NCC[N+](C)(C)CCO)C3)[C@H](C)[C@H]12. The Morgan fingerprint density at radius 3 is 2.53 bits per heavy atom. The van der Waals surface area contributed by atoms with Crippen LogP contribution in [-0.4, -0.2) is 118 Å². The molecule has 34 heavy (non-hydrogen) atoms. The number of rotatable bonds is 11. The fourth-order valence-electron chi connectivity index (χ4n) is 4.78. The van der Waals surface area contributed by atoms with E-state index in [-0.39, 0.29) is 53.6 Å². The molecule has 0 spiro atoms. The summed E-state index contributed by atoms with van der Waals surface area (Å²) in [4.78, 5) is 40.8. The van der Waals surface area contributed by atoms with Crippen molar-refractivity contribution in [3.8, 4) is 0 Å². The number of fused-ring (bicyclic) bond motifs is 1. The van der Waals surface area contributed by atoms with E-state index < -0.39 is 17.3 Å². The van der Waals surface area contributed by atoms with Crippen LogP contribution in [0.1, 0.15) is 20.3 Å². The number of likely N-dealkylation sites (N-methyl/N-ethyl adjacent to an activating group) is 1. The lowest BCUT2D eigenvalue weighted by atomic mass is 9.79. The quantitative estimate of drug-likeness (QED) is 0.0981. The summed E-state index contributed by atoms with van der Waals surface area (Å²) < 4.78 is 0.599. The summed E-state index contributed by atoms with van der Waals surface area (Å²) in [5.41, 5.74) is 0.224. The van der Waals surface area contributed by atoms with E-state index >= 15 is 0 Å². The van der Waals surface area contributed by atoms with E-state index in [1.165, 1.54) is 16.7 Å². The number of carbonyl (C=O) groups is 3. The van der Waals surface area contributed by atoms with Crippen LogP contribution in [0.4, 0.5) is 0 Å². The molecule has 2 fully saturated rings. The van der Waals surface area contributed by atoms with Crippen LogP contribution >= 0.6 is 23.4 Å². The molecule has 10 nitrogen and oxygen atoms in total. The van der Waals surface area contributed by atoms with Gasteiger partial charge in [0, 0.05) is 29.2 Å². The Morgan fingerprint density at radius 1 is 1.32 bits per heavy atom. The van der Waals surface area contributed by atoms with E-state index in [1.807, 2.05) is 25.9 Å². The van der Waals surface area contributed by atoms with E-state index in [1.54, 1.807) is 6.92 Å². The first kappa shape index (κ1) is 26.9. The van der Waals surface area contributed by atoms with Gasteiger partial charge in [0.1, 0.15) is 18.1 Å². The summed E-state index contributed by atoms with van der Waals surface area (Å²) in [6, 6.07) is -0.258. The Labute approximate surface area is 209 Å². The summed E-state index contributed by atoms with van der Waals surface area (Å²) in [6.07, 6.45) is -0.798. The zero-order valence-electron chi connectivity index (χ0n) is 20.1. The Bertz CT molecular complexity index is 889. The van der Waals surface area contributed by atoms with Crippen LogP contribution in [0.2, 0.25) is 0 Å². The minimum Gasteiger partial charge on any atom is -0.393 e. The standard InChI is InChI=1S/C22H34ClN5O5S/c1-12-18-17(13(2)30)22(33)27(18)19(21(23)32)20(12)34-14-10-26(11-14)15(24)9-16(31)25-5-6-28(3,4)7-8-29/h12-14,17-18,24,29-30H,5-11H2,1-4H3/p+1/t12-,13-,17-,18-/m1/s1. The van der Waals surface area contributed by atoms with Crippen LogP contribution in [0.25, 0.3) is 0 Å². The monoisotopic (exact) mass is 516 g/mol. The number of β-lactam (4-membered cyclic amide) rings is 1. The smallest absolute Gasteiger partial charge is 0.269 e. The molecular formula is C22H35ClN5O5S+. The summed E-state index contributed by atoms with van der Waals surface area (Å²) in [5.74, 6) is -0.870. The number of nitrogens with zero attached hydrogens (tertiary/aromatic N) is 3. The van der Waals surface area contributed by atoms with Gasteiger partial charge in [-0.05, 0) is 18.5 Å². The van der Waals surface area contributed by atoms with E-state index in [0.717, 1.165) is 4.91 Å². The molecule has 190 valence electrons. The number of allylic oxidation sites excluding steroid dienone is 1. The molecular weight excluding hydrogens is 482 g/mol. The Kier molecular flexibility index (Phi) is 8.34. The highest BCUT2D eigenvalue weighted by Gasteiger charge is 2.60. The molecule has 3 rings (SSSR count). The van der Waals surface area contributed by atoms with Crippen molar-refractivity contribution in [1.29, 1.82) is 5.41 Å². The van der Waals surface area contributed by atoms with Crippen molar-refractivity contribution < 1.29 is 29.1 Å². The zero-order chi connectivity index (χ0) is 25.4. The van der Waals surface area contributed by atoms with Gasteiger partial charge in [0.05, 0.1) is 58.3 Å². The van der Waals surface area contributed by atoms with Crippen molar-refractivity contribution in [2.45, 2.75) is 37.7 Å². The van der Waals surface area contributed by atoms with Crippen molar-refractivity contribution in [2.24, 2.45) is 11.8 Å². The predicted molar refractivity (Wildman–Crippen MR) is 130 cm³/mol. The molecule has 4 N–H and O–H groups in total. The molecule has 0 saturated carbocycles. The van der Waals surface area contributed by atoms with Crippen molar-refractivity contribution in [3.63, 3.8) is 0 Å². The van der Waals surface area contributed by atoms with Crippen molar-refractivity contribution in [1.82, 2.24) is 15.1 Å². The fourth-order valence-corrected chi connectivity index (χ4v) is 6.56. The molecule has 0 aromatic carbocycles. The second kappa shape index (κ2) is 10.5. The number of quaternary nitrogens is 1. The van der Waals surface area contributed by atoms with Crippen LogP contribution in [0.15, 0.2) is 10.6 Å². The first-order chi connectivity index (χ1) is 15.9. The van der Waals surface area contributed by atoms with Crippen LogP contribution in [0, 0.1) is 17.2 Å². The van der Waals surface area contributed by atoms with E-state index in [2.05, 4.69) is 5.32 Å². The topological polar surface area (TPSA) is 134 Å². The molecule has 0 aromatic rings. The van der Waals surface area contributed by atoms with Crippen molar-refractivity contribution >= 4 is 46.3 Å². The lowest BCUT2D eigenvalue weighted by Gasteiger charge is -2.46. The molecule has 0 aromatic heterocycles. The average Bonchev–Trinajstić information content (AvgIpc) is 2.92. The number of amides is 2. The Balaban J connectivity index is 1.48. The van der Waals surface area contributed by atoms with E-state index in [9.17, 15) is 19.5 Å². The molecule has 3 heterocycles. The number of thioether (sulfide) groups is 1. The normalized spacial score (nSPS) is 25.6. The highest BCUT2D eigenvalue weighted by molar-refractivity contribution is 8.03. The largest absolute Gasteiger partial charge is 0.393 e.